The van der Waals surface area contributed by atoms with E-state index >= 15 is 0 Å². The molecule has 5 nitrogen and oxygen atoms in total. The molecule has 2 aromatic carbocycles. The van der Waals surface area contributed by atoms with Crippen LogP contribution in [0.25, 0.3) is 16.9 Å². The number of hydrogen-bond donors (Lipinski definition) is 1. The fourth-order valence-corrected chi connectivity index (χ4v) is 3.90. The predicted molar refractivity (Wildman–Crippen MR) is 130 cm³/mol. The van der Waals surface area contributed by atoms with E-state index in [-0.39, 0.29) is 11.8 Å². The van der Waals surface area contributed by atoms with E-state index in [0.717, 1.165) is 11.1 Å². The van der Waals surface area contributed by atoms with Crippen molar-refractivity contribution in [1.82, 2.24) is 14.5 Å². The lowest BCUT2D eigenvalue weighted by Crippen LogP contribution is -2.35. The normalized spacial score (nSPS) is 12.4. The van der Waals surface area contributed by atoms with Crippen molar-refractivity contribution in [3.8, 4) is 16.9 Å². The van der Waals surface area contributed by atoms with Crippen LogP contribution in [-0.2, 0) is 22.6 Å². The smallest absolute Gasteiger partial charge is 0.323 e. The number of aromatic nitrogens is 3. The van der Waals surface area contributed by atoms with Crippen LogP contribution in [0.4, 0.5) is 32.0 Å². The first-order valence-corrected chi connectivity index (χ1v) is 11.3. The Morgan fingerprint density at radius 3 is 2.03 bits per heavy atom. The van der Waals surface area contributed by atoms with Crippen LogP contribution < -0.4 is 5.32 Å². The number of carbonyl (C=O) groups is 1. The van der Waals surface area contributed by atoms with Crippen LogP contribution in [0.1, 0.15) is 36.1 Å². The van der Waals surface area contributed by atoms with Crippen LogP contribution in [0.3, 0.4) is 0 Å². The van der Waals surface area contributed by atoms with Crippen LogP contribution in [0.2, 0.25) is 0 Å². The summed E-state index contributed by atoms with van der Waals surface area (Å²) in [6.07, 6.45) is -3.90. The van der Waals surface area contributed by atoms with Gasteiger partial charge in [-0.15, -0.1) is 0 Å². The molecule has 38 heavy (non-hydrogen) atoms. The monoisotopic (exact) mass is 532 g/mol. The molecule has 11 heteroatoms. The molecular formula is C27H22F6N4O. The van der Waals surface area contributed by atoms with E-state index in [2.05, 4.69) is 15.3 Å². The number of amides is 1. The fourth-order valence-electron chi connectivity index (χ4n) is 3.90. The molecule has 4 aromatic rings. The Bertz CT molecular complexity index is 1440. The summed E-state index contributed by atoms with van der Waals surface area (Å²) >= 11 is 0. The zero-order valence-electron chi connectivity index (χ0n) is 20.4. The van der Waals surface area contributed by atoms with E-state index < -0.39 is 40.4 Å². The van der Waals surface area contributed by atoms with Gasteiger partial charge in [0.25, 0.3) is 0 Å². The average molecular weight is 532 g/mol. The van der Waals surface area contributed by atoms with Gasteiger partial charge in [0, 0.05) is 18.0 Å². The number of nitrogens with zero attached hydrogens (tertiary/aromatic N) is 3. The largest absolute Gasteiger partial charge is 0.416 e. The maximum atomic E-state index is 13.4. The summed E-state index contributed by atoms with van der Waals surface area (Å²) in [7, 11) is 0. The van der Waals surface area contributed by atoms with Crippen molar-refractivity contribution in [2.75, 3.05) is 5.32 Å². The van der Waals surface area contributed by atoms with E-state index in [9.17, 15) is 31.1 Å². The molecule has 1 amide bonds. The minimum atomic E-state index is -5.03. The zero-order chi connectivity index (χ0) is 27.9. The quantitative estimate of drug-likeness (QED) is 0.277. The van der Waals surface area contributed by atoms with Crippen molar-refractivity contribution in [2.24, 2.45) is 0 Å². The highest BCUT2D eigenvalue weighted by Crippen LogP contribution is 2.40. The second-order valence-corrected chi connectivity index (χ2v) is 9.25. The molecule has 4 rings (SSSR count). The van der Waals surface area contributed by atoms with E-state index in [1.54, 1.807) is 29.1 Å². The highest BCUT2D eigenvalue weighted by Gasteiger charge is 2.40. The molecule has 2 aromatic heterocycles. The maximum absolute atomic E-state index is 13.4. The van der Waals surface area contributed by atoms with Crippen molar-refractivity contribution in [3.63, 3.8) is 0 Å². The van der Waals surface area contributed by atoms with Crippen molar-refractivity contribution < 1.29 is 31.1 Å². The van der Waals surface area contributed by atoms with Crippen molar-refractivity contribution in [2.45, 2.75) is 38.5 Å². The first-order valence-electron chi connectivity index (χ1n) is 11.3. The summed E-state index contributed by atoms with van der Waals surface area (Å²) in [6, 6.07) is 10.2. The maximum Gasteiger partial charge on any atom is 0.416 e. The predicted octanol–water partition coefficient (Wildman–Crippen LogP) is 7.20. The standard InChI is InChI=1S/C27H22F6N4O/c1-16-6-4-5-7-20(16)21-13-23(37-9-8-34-15-37)35-14-22(21)36-24(38)25(2,3)17-10-18(26(28,29)30)12-19(11-17)27(31,32)33/h4-15H,1-3H3,(H,36,38). The number of alkyl halides is 6. The summed E-state index contributed by atoms with van der Waals surface area (Å²) < 4.78 is 82.2. The SMILES string of the molecule is Cc1ccccc1-c1cc(-n2ccnc2)ncc1NC(=O)C(C)(C)c1cc(C(F)(F)F)cc(C(F)(F)F)c1. The number of pyridine rings is 1. The van der Waals surface area contributed by atoms with Gasteiger partial charge in [-0.2, -0.15) is 26.3 Å². The molecule has 0 fully saturated rings. The van der Waals surface area contributed by atoms with Gasteiger partial charge in [-0.05, 0) is 61.7 Å². The van der Waals surface area contributed by atoms with Crippen LogP contribution in [0.5, 0.6) is 0 Å². The number of anilines is 1. The Hall–Kier alpha value is -4.15. The molecule has 0 aliphatic rings. The molecule has 0 aliphatic heterocycles. The molecular weight excluding hydrogens is 510 g/mol. The number of halogens is 6. The third kappa shape index (κ3) is 5.41. The zero-order valence-corrected chi connectivity index (χ0v) is 20.4. The number of benzene rings is 2. The van der Waals surface area contributed by atoms with Crippen LogP contribution >= 0.6 is 0 Å². The first kappa shape index (κ1) is 26.9. The Morgan fingerprint density at radius 1 is 0.868 bits per heavy atom. The molecule has 0 bridgehead atoms. The first-order chi connectivity index (χ1) is 17.7. The fraction of sp³-hybridized carbons (Fsp3) is 0.222. The van der Waals surface area contributed by atoms with Gasteiger partial charge in [0.2, 0.25) is 5.91 Å². The minimum absolute atomic E-state index is 0.0342. The molecule has 0 aliphatic carbocycles. The number of nitrogens with one attached hydrogen (secondary N) is 1. The minimum Gasteiger partial charge on any atom is -0.323 e. The van der Waals surface area contributed by atoms with Crippen molar-refractivity contribution in [3.05, 3.63) is 95.7 Å². The summed E-state index contributed by atoms with van der Waals surface area (Å²) in [6.45, 7) is 4.39. The Kier molecular flexibility index (Phi) is 6.81. The lowest BCUT2D eigenvalue weighted by atomic mass is 9.81. The third-order valence-corrected chi connectivity index (χ3v) is 6.22. The second-order valence-electron chi connectivity index (χ2n) is 9.25. The van der Waals surface area contributed by atoms with Gasteiger partial charge in [-0.1, -0.05) is 24.3 Å². The highest BCUT2D eigenvalue weighted by molar-refractivity contribution is 6.01. The van der Waals surface area contributed by atoms with Gasteiger partial charge in [0.15, 0.2) is 0 Å². The average Bonchev–Trinajstić information content (AvgIpc) is 3.38. The van der Waals surface area contributed by atoms with Crippen LogP contribution in [0.15, 0.2) is 73.4 Å². The lowest BCUT2D eigenvalue weighted by molar-refractivity contribution is -0.143. The van der Waals surface area contributed by atoms with Gasteiger partial charge in [0.1, 0.15) is 12.1 Å². The van der Waals surface area contributed by atoms with Gasteiger partial charge in [-0.25, -0.2) is 9.97 Å². The summed E-state index contributed by atoms with van der Waals surface area (Å²) in [4.78, 5) is 21.8. The number of hydrogen-bond acceptors (Lipinski definition) is 3. The molecule has 0 saturated heterocycles. The Balaban J connectivity index is 1.78. The molecule has 0 saturated carbocycles. The number of aryl methyl sites for hydroxylation is 1. The van der Waals surface area contributed by atoms with Gasteiger partial charge in [0.05, 0.1) is 28.4 Å². The van der Waals surface area contributed by atoms with E-state index in [0.29, 0.717) is 23.5 Å². The number of rotatable bonds is 5. The number of carbonyl (C=O) groups excluding carboxylic acids is 1. The molecule has 2 heterocycles. The van der Waals surface area contributed by atoms with E-state index in [1.165, 1.54) is 26.4 Å². The van der Waals surface area contributed by atoms with Gasteiger partial charge < -0.3 is 5.32 Å². The van der Waals surface area contributed by atoms with Crippen LogP contribution in [-0.4, -0.2) is 20.4 Å². The van der Waals surface area contributed by atoms with Gasteiger partial charge >= 0.3 is 12.4 Å². The topological polar surface area (TPSA) is 59.8 Å². The molecule has 0 atom stereocenters. The molecule has 0 spiro atoms. The molecule has 0 radical (unpaired) electrons. The Labute approximate surface area is 214 Å². The molecule has 1 N–H and O–H groups in total. The summed E-state index contributed by atoms with van der Waals surface area (Å²) in [5.74, 6) is -0.317. The van der Waals surface area contributed by atoms with E-state index in [4.69, 9.17) is 0 Å². The highest BCUT2D eigenvalue weighted by atomic mass is 19.4. The van der Waals surface area contributed by atoms with E-state index in [1.807, 2.05) is 25.1 Å². The second kappa shape index (κ2) is 9.62. The van der Waals surface area contributed by atoms with Crippen molar-refractivity contribution in [1.29, 1.82) is 0 Å². The third-order valence-electron chi connectivity index (χ3n) is 6.22. The lowest BCUT2D eigenvalue weighted by Gasteiger charge is -2.27. The molecule has 0 unspecified atom stereocenters. The van der Waals surface area contributed by atoms with Crippen molar-refractivity contribution >= 4 is 11.6 Å². The summed E-state index contributed by atoms with van der Waals surface area (Å²) in [5.41, 5.74) is -2.76. The number of imidazole rings is 1. The Morgan fingerprint density at radius 2 is 1.47 bits per heavy atom. The van der Waals surface area contributed by atoms with Crippen LogP contribution in [0, 0.1) is 6.92 Å². The molecule has 198 valence electrons. The summed E-state index contributed by atoms with van der Waals surface area (Å²) in [5, 5.41) is 2.68. The van der Waals surface area contributed by atoms with Gasteiger partial charge in [-0.3, -0.25) is 9.36 Å².